The van der Waals surface area contributed by atoms with Crippen LogP contribution < -0.4 is 31.9 Å². The molecule has 2 saturated heterocycles. The second-order valence-electron chi connectivity index (χ2n) is 13.0. The van der Waals surface area contributed by atoms with E-state index in [1.807, 2.05) is 12.1 Å². The van der Waals surface area contributed by atoms with Crippen molar-refractivity contribution in [2.45, 2.75) is 89.2 Å². The van der Waals surface area contributed by atoms with Gasteiger partial charge < -0.3 is 36.6 Å². The minimum Gasteiger partial charge on any atom is -0.393 e. The molecule has 2 aliphatic heterocycles. The molecule has 0 aromatic heterocycles. The summed E-state index contributed by atoms with van der Waals surface area (Å²) >= 11 is 0. The fourth-order valence-corrected chi connectivity index (χ4v) is 5.45. The fraction of sp³-hybridized carbons (Fsp3) is 0.459. The number of hydrogen-bond donors (Lipinski definition) is 7. The normalized spacial score (nSPS) is 22.0. The molecule has 1 aromatic carbocycles. The number of aliphatic hydroxyl groups is 1. The van der Waals surface area contributed by atoms with Gasteiger partial charge in [0.15, 0.2) is 0 Å². The lowest BCUT2D eigenvalue weighted by Gasteiger charge is -2.31. The van der Waals surface area contributed by atoms with Crippen LogP contribution in [0.15, 0.2) is 79.1 Å². The second kappa shape index (κ2) is 20.6. The zero-order valence-corrected chi connectivity index (χ0v) is 29.5. The van der Waals surface area contributed by atoms with Gasteiger partial charge in [-0.1, -0.05) is 60.7 Å². The van der Waals surface area contributed by atoms with E-state index in [-0.39, 0.29) is 38.1 Å². The molecule has 2 fully saturated rings. The number of rotatable bonds is 15. The number of hydrogen-bond acceptors (Lipinski definition) is 8. The summed E-state index contributed by atoms with van der Waals surface area (Å²) in [6, 6.07) is 5.88. The van der Waals surface area contributed by atoms with Crippen molar-refractivity contribution in [2.75, 3.05) is 19.6 Å². The molecular formula is C37H51N7O7. The van der Waals surface area contributed by atoms with Crippen molar-refractivity contribution >= 4 is 35.4 Å². The van der Waals surface area contributed by atoms with Gasteiger partial charge in [0.05, 0.1) is 11.8 Å². The highest BCUT2D eigenvalue weighted by atomic mass is 16.3. The van der Waals surface area contributed by atoms with E-state index < -0.39 is 53.3 Å². The van der Waals surface area contributed by atoms with Crippen molar-refractivity contribution in [3.63, 3.8) is 0 Å². The number of amides is 6. The summed E-state index contributed by atoms with van der Waals surface area (Å²) in [6.45, 7) is 4.55. The average molecular weight is 706 g/mol. The lowest BCUT2D eigenvalue weighted by Crippen LogP contribution is -2.59. The van der Waals surface area contributed by atoms with Crippen LogP contribution in [0, 0.1) is 0 Å². The maximum absolute atomic E-state index is 13.5. The highest BCUT2D eigenvalue weighted by Crippen LogP contribution is 2.20. The largest absolute Gasteiger partial charge is 0.393 e. The van der Waals surface area contributed by atoms with Crippen molar-refractivity contribution in [3.8, 4) is 0 Å². The smallest absolute Gasteiger partial charge is 0.247 e. The van der Waals surface area contributed by atoms with Crippen LogP contribution >= 0.6 is 0 Å². The first-order valence-electron chi connectivity index (χ1n) is 17.3. The molecule has 1 aromatic rings. The molecule has 4 atom stereocenters. The Kier molecular flexibility index (Phi) is 16.3. The van der Waals surface area contributed by atoms with Gasteiger partial charge in [-0.3, -0.25) is 34.1 Å². The topological polar surface area (TPSA) is 198 Å². The molecular weight excluding hydrogens is 654 g/mol. The van der Waals surface area contributed by atoms with Gasteiger partial charge in [0.25, 0.3) is 0 Å². The van der Waals surface area contributed by atoms with E-state index in [1.165, 1.54) is 11.0 Å². The van der Waals surface area contributed by atoms with E-state index in [0.717, 1.165) is 49.9 Å². The Labute approximate surface area is 299 Å². The quantitative estimate of drug-likeness (QED) is 0.0596. The summed E-state index contributed by atoms with van der Waals surface area (Å²) in [5.74, 6) is -3.28. The molecule has 0 unspecified atom stereocenters. The minimum atomic E-state index is -1.25. The molecule has 51 heavy (non-hydrogen) atoms. The van der Waals surface area contributed by atoms with Crippen LogP contribution in [0.25, 0.3) is 0 Å². The van der Waals surface area contributed by atoms with E-state index in [4.69, 9.17) is 0 Å². The number of fused-ring (bicyclic) bond motifs is 2. The third kappa shape index (κ3) is 14.4. The van der Waals surface area contributed by atoms with Crippen LogP contribution in [0.5, 0.6) is 0 Å². The molecule has 6 amide bonds. The first-order chi connectivity index (χ1) is 24.4. The summed E-state index contributed by atoms with van der Waals surface area (Å²) < 4.78 is 0. The number of carbonyl (C=O) groups is 6. The molecule has 3 rings (SSSR count). The van der Waals surface area contributed by atoms with Crippen LogP contribution in [0.4, 0.5) is 0 Å². The van der Waals surface area contributed by atoms with Gasteiger partial charge in [0.1, 0.15) is 24.7 Å². The Bertz CT molecular complexity index is 1490. The lowest BCUT2D eigenvalue weighted by atomic mass is 10.0. The van der Waals surface area contributed by atoms with E-state index in [9.17, 15) is 33.9 Å². The molecule has 14 nitrogen and oxygen atoms in total. The number of unbranched alkanes of at least 4 members (excludes halogenated alkanes) is 2. The molecule has 7 N–H and O–H groups in total. The zero-order valence-electron chi connectivity index (χ0n) is 29.5. The summed E-state index contributed by atoms with van der Waals surface area (Å²) in [7, 11) is 0. The highest BCUT2D eigenvalue weighted by molar-refractivity contribution is 5.96. The summed E-state index contributed by atoms with van der Waals surface area (Å²) in [5.41, 5.74) is -0.121. The first-order valence-corrected chi connectivity index (χ1v) is 17.3. The van der Waals surface area contributed by atoms with E-state index in [2.05, 4.69) is 44.1 Å². The van der Waals surface area contributed by atoms with Gasteiger partial charge in [0, 0.05) is 37.9 Å². The van der Waals surface area contributed by atoms with E-state index >= 15 is 0 Å². The maximum Gasteiger partial charge on any atom is 0.247 e. The molecule has 0 spiro atoms. The van der Waals surface area contributed by atoms with Crippen molar-refractivity contribution in [1.82, 2.24) is 36.8 Å². The predicted octanol–water partition coefficient (Wildman–Crippen LogP) is 0.611. The number of benzene rings is 1. The summed E-state index contributed by atoms with van der Waals surface area (Å²) in [4.78, 5) is 79.1. The average Bonchev–Trinajstić information content (AvgIpc) is 3.30. The second-order valence-corrected chi connectivity index (χ2v) is 13.0. The zero-order chi connectivity index (χ0) is 37.2. The van der Waals surface area contributed by atoms with Crippen molar-refractivity contribution in [2.24, 2.45) is 0 Å². The van der Waals surface area contributed by atoms with Gasteiger partial charge in [-0.15, -0.1) is 0 Å². The molecule has 0 aliphatic carbocycles. The van der Waals surface area contributed by atoms with E-state index in [1.54, 1.807) is 57.2 Å². The Morgan fingerprint density at radius 2 is 1.67 bits per heavy atom. The van der Waals surface area contributed by atoms with Crippen molar-refractivity contribution < 1.29 is 33.9 Å². The molecule has 2 aliphatic rings. The number of allylic oxidation sites excluding steroid dienone is 5. The van der Waals surface area contributed by atoms with Gasteiger partial charge in [0.2, 0.25) is 35.4 Å². The number of nitrogens with one attached hydrogen (secondary N) is 6. The number of carbonyl (C=O) groups excluding carboxylic acids is 6. The Hall–Kier alpha value is -5.08. The highest BCUT2D eigenvalue weighted by Gasteiger charge is 2.45. The monoisotopic (exact) mass is 705 g/mol. The lowest BCUT2D eigenvalue weighted by molar-refractivity contribution is -0.137. The van der Waals surface area contributed by atoms with Crippen LogP contribution in [-0.4, -0.2) is 95.0 Å². The number of aliphatic hydroxyl groups excluding tert-OH is 1. The van der Waals surface area contributed by atoms with Gasteiger partial charge in [-0.25, -0.2) is 0 Å². The maximum atomic E-state index is 13.5. The third-order valence-electron chi connectivity index (χ3n) is 8.21. The summed E-state index contributed by atoms with van der Waals surface area (Å²) in [5, 5.41) is 25.4. The molecule has 0 saturated carbocycles. The SMILES string of the molecule is C[C@H](O)CCC=CCCCC=CC=CC(=O)NC=CC(=O)NC[C@@H]1NC(=O)[C@H](Cc2ccccc2)NC(=O)CN2C(=O)[C@@H](CNC1=O)NC2(C)C. The Morgan fingerprint density at radius 1 is 0.941 bits per heavy atom. The number of nitrogens with zero attached hydrogens (tertiary/aromatic N) is 1. The first kappa shape index (κ1) is 40.4. The molecule has 276 valence electrons. The van der Waals surface area contributed by atoms with Gasteiger partial charge in [-0.2, -0.15) is 0 Å². The Balaban J connectivity index is 1.55. The van der Waals surface area contributed by atoms with Crippen molar-refractivity contribution in [1.29, 1.82) is 0 Å². The molecule has 2 bridgehead atoms. The van der Waals surface area contributed by atoms with Crippen LogP contribution in [0.3, 0.4) is 0 Å². The Morgan fingerprint density at radius 3 is 2.41 bits per heavy atom. The molecule has 14 heteroatoms. The summed E-state index contributed by atoms with van der Waals surface area (Å²) in [6.07, 6.45) is 17.2. The minimum absolute atomic E-state index is 0.107. The predicted molar refractivity (Wildman–Crippen MR) is 192 cm³/mol. The standard InChI is InChI=1S/C37H51N7O7/c1-26(45)16-12-9-7-5-4-6-8-10-15-19-31(46)38-21-20-32(47)39-23-29-34(49)40-24-30-36(51)44(37(2,3)43-30)25-33(48)41-28(35(50)42-29)22-27-17-13-11-14-18-27/h7-11,13-15,17-21,26,28-30,43,45H,4-6,12,16,22-25H2,1-3H3,(H,38,46)(H,39,47)(H,40,49)(H,41,48)(H,42,50)/t26-,28-,29-,30+/m0/s1. The van der Waals surface area contributed by atoms with E-state index in [0.29, 0.717) is 0 Å². The fourth-order valence-electron chi connectivity index (χ4n) is 5.45. The molecule has 2 heterocycles. The molecule has 0 radical (unpaired) electrons. The van der Waals surface area contributed by atoms with Gasteiger partial charge in [-0.05, 0) is 58.4 Å². The van der Waals surface area contributed by atoms with Crippen LogP contribution in [-0.2, 0) is 35.2 Å². The third-order valence-corrected chi connectivity index (χ3v) is 8.21. The van der Waals surface area contributed by atoms with Crippen LogP contribution in [0.1, 0.15) is 58.4 Å². The van der Waals surface area contributed by atoms with Crippen LogP contribution in [0.2, 0.25) is 0 Å². The van der Waals surface area contributed by atoms with Gasteiger partial charge >= 0.3 is 0 Å². The van der Waals surface area contributed by atoms with Crippen molar-refractivity contribution in [3.05, 3.63) is 84.6 Å².